The van der Waals surface area contributed by atoms with Crippen molar-refractivity contribution in [3.05, 3.63) is 40.4 Å². The van der Waals surface area contributed by atoms with Crippen molar-refractivity contribution in [2.75, 3.05) is 5.73 Å². The fourth-order valence-electron chi connectivity index (χ4n) is 2.20. The second kappa shape index (κ2) is 2.74. The number of ketones is 1. The quantitative estimate of drug-likeness (QED) is 0.690. The van der Waals surface area contributed by atoms with Gasteiger partial charge in [0.15, 0.2) is 5.78 Å². The zero-order valence-electron chi connectivity index (χ0n) is 7.88. The number of halogens is 1. The molecule has 2 aromatic rings. The van der Waals surface area contributed by atoms with Crippen molar-refractivity contribution in [2.45, 2.75) is 6.42 Å². The SMILES string of the molecule is Nc1cc2cccc3c2c(c1Cl)C(=O)C3. The van der Waals surface area contributed by atoms with Crippen molar-refractivity contribution in [3.8, 4) is 0 Å². The van der Waals surface area contributed by atoms with Crippen LogP contribution in [0.4, 0.5) is 5.69 Å². The van der Waals surface area contributed by atoms with Gasteiger partial charge in [0, 0.05) is 12.0 Å². The predicted molar refractivity (Wildman–Crippen MR) is 61.4 cm³/mol. The second-order valence-electron chi connectivity index (χ2n) is 3.77. The monoisotopic (exact) mass is 217 g/mol. The zero-order chi connectivity index (χ0) is 10.6. The standard InChI is InChI=1S/C12H8ClNO/c13-12-8(14)4-6-2-1-3-7-5-9(15)11(12)10(6)7/h1-4H,5,14H2. The van der Waals surface area contributed by atoms with E-state index >= 15 is 0 Å². The maximum Gasteiger partial charge on any atom is 0.169 e. The molecule has 0 saturated heterocycles. The molecule has 0 bridgehead atoms. The molecule has 1 aliphatic rings. The number of nitrogens with two attached hydrogens (primary N) is 1. The third kappa shape index (κ3) is 1.03. The molecule has 0 aliphatic heterocycles. The summed E-state index contributed by atoms with van der Waals surface area (Å²) in [6.07, 6.45) is 0.440. The summed E-state index contributed by atoms with van der Waals surface area (Å²) in [7, 11) is 0. The van der Waals surface area contributed by atoms with Crippen LogP contribution < -0.4 is 5.73 Å². The third-order valence-corrected chi connectivity index (χ3v) is 3.25. The number of hydrogen-bond acceptors (Lipinski definition) is 2. The highest BCUT2D eigenvalue weighted by atomic mass is 35.5. The second-order valence-corrected chi connectivity index (χ2v) is 4.15. The summed E-state index contributed by atoms with van der Waals surface area (Å²) in [5.41, 5.74) is 7.89. The van der Waals surface area contributed by atoms with Crippen LogP contribution in [-0.2, 0) is 6.42 Å². The van der Waals surface area contributed by atoms with Gasteiger partial charge in [0.2, 0.25) is 0 Å². The molecule has 0 amide bonds. The first-order valence-electron chi connectivity index (χ1n) is 4.71. The van der Waals surface area contributed by atoms with Crippen LogP contribution in [0.3, 0.4) is 0 Å². The van der Waals surface area contributed by atoms with Crippen LogP contribution in [0, 0.1) is 0 Å². The smallest absolute Gasteiger partial charge is 0.169 e. The first-order chi connectivity index (χ1) is 7.18. The van der Waals surface area contributed by atoms with Crippen molar-refractivity contribution in [2.24, 2.45) is 0 Å². The lowest BCUT2D eigenvalue weighted by Gasteiger charge is -2.05. The Morgan fingerprint density at radius 3 is 2.93 bits per heavy atom. The number of nitrogen functional groups attached to an aromatic ring is 1. The largest absolute Gasteiger partial charge is 0.397 e. The van der Waals surface area contributed by atoms with E-state index < -0.39 is 0 Å². The van der Waals surface area contributed by atoms with Crippen molar-refractivity contribution in [1.82, 2.24) is 0 Å². The molecule has 3 heteroatoms. The predicted octanol–water partition coefficient (Wildman–Crippen LogP) is 2.81. The van der Waals surface area contributed by atoms with Crippen molar-refractivity contribution in [1.29, 1.82) is 0 Å². The van der Waals surface area contributed by atoms with Crippen molar-refractivity contribution < 1.29 is 4.79 Å². The normalized spacial score (nSPS) is 13.8. The molecule has 15 heavy (non-hydrogen) atoms. The van der Waals surface area contributed by atoms with Gasteiger partial charge in [-0.3, -0.25) is 4.79 Å². The van der Waals surface area contributed by atoms with E-state index in [4.69, 9.17) is 17.3 Å². The molecule has 0 unspecified atom stereocenters. The van der Waals surface area contributed by atoms with Crippen LogP contribution >= 0.6 is 11.6 Å². The van der Waals surface area contributed by atoms with E-state index in [-0.39, 0.29) is 5.78 Å². The van der Waals surface area contributed by atoms with Crippen LogP contribution in [0.25, 0.3) is 10.8 Å². The Morgan fingerprint density at radius 1 is 1.33 bits per heavy atom. The minimum absolute atomic E-state index is 0.0681. The Labute approximate surface area is 91.6 Å². The zero-order valence-corrected chi connectivity index (χ0v) is 8.64. The lowest BCUT2D eigenvalue weighted by Crippen LogP contribution is -1.97. The molecule has 0 aromatic heterocycles. The molecule has 0 radical (unpaired) electrons. The van der Waals surface area contributed by atoms with Crippen molar-refractivity contribution in [3.63, 3.8) is 0 Å². The Hall–Kier alpha value is -1.54. The number of carbonyl (C=O) groups excluding carboxylic acids is 1. The average Bonchev–Trinajstić information content (AvgIpc) is 2.53. The van der Waals surface area contributed by atoms with E-state index in [1.54, 1.807) is 0 Å². The Morgan fingerprint density at radius 2 is 2.13 bits per heavy atom. The van der Waals surface area contributed by atoms with Crippen LogP contribution in [0.15, 0.2) is 24.3 Å². The topological polar surface area (TPSA) is 43.1 Å². The molecule has 0 spiro atoms. The Balaban J connectivity index is 2.59. The number of rotatable bonds is 0. The van der Waals surface area contributed by atoms with Crippen LogP contribution in [0.1, 0.15) is 15.9 Å². The summed E-state index contributed by atoms with van der Waals surface area (Å²) in [5.74, 6) is 0.0681. The number of anilines is 1. The molecular weight excluding hydrogens is 210 g/mol. The maximum atomic E-state index is 11.8. The van der Waals surface area contributed by atoms with Gasteiger partial charge in [-0.2, -0.15) is 0 Å². The molecule has 3 rings (SSSR count). The summed E-state index contributed by atoms with van der Waals surface area (Å²) in [4.78, 5) is 11.8. The summed E-state index contributed by atoms with van der Waals surface area (Å²) in [5, 5.41) is 2.37. The van der Waals surface area contributed by atoms with Crippen molar-refractivity contribution >= 4 is 33.8 Å². The highest BCUT2D eigenvalue weighted by Crippen LogP contribution is 2.38. The Kier molecular flexibility index (Phi) is 1.59. The van der Waals surface area contributed by atoms with Gasteiger partial charge < -0.3 is 5.73 Å². The van der Waals surface area contributed by atoms with Crippen LogP contribution in [0.2, 0.25) is 5.02 Å². The van der Waals surface area contributed by atoms with E-state index in [0.717, 1.165) is 16.3 Å². The average molecular weight is 218 g/mol. The fraction of sp³-hybridized carbons (Fsp3) is 0.0833. The number of hydrogen-bond donors (Lipinski definition) is 1. The molecule has 74 valence electrons. The fourth-order valence-corrected chi connectivity index (χ4v) is 2.46. The van der Waals surface area contributed by atoms with Crippen LogP contribution in [-0.4, -0.2) is 5.78 Å². The van der Waals surface area contributed by atoms with E-state index in [2.05, 4.69) is 0 Å². The van der Waals surface area contributed by atoms with E-state index in [1.807, 2.05) is 24.3 Å². The van der Waals surface area contributed by atoms with Gasteiger partial charge in [-0.25, -0.2) is 0 Å². The maximum absolute atomic E-state index is 11.8. The third-order valence-electron chi connectivity index (χ3n) is 2.85. The molecular formula is C12H8ClNO. The van der Waals surface area contributed by atoms with Gasteiger partial charge in [0.05, 0.1) is 10.7 Å². The number of Topliss-reactive ketones (excluding diaryl/α,β-unsaturated/α-hetero) is 1. The lowest BCUT2D eigenvalue weighted by molar-refractivity contribution is 0.1000. The first-order valence-corrected chi connectivity index (χ1v) is 5.09. The van der Waals surface area contributed by atoms with Gasteiger partial charge >= 0.3 is 0 Å². The highest BCUT2D eigenvalue weighted by molar-refractivity contribution is 6.39. The minimum atomic E-state index is 0.0681. The summed E-state index contributed by atoms with van der Waals surface area (Å²) >= 11 is 6.05. The first kappa shape index (κ1) is 8.74. The molecule has 0 heterocycles. The summed E-state index contributed by atoms with van der Waals surface area (Å²) < 4.78 is 0. The summed E-state index contributed by atoms with van der Waals surface area (Å²) in [6, 6.07) is 7.67. The molecule has 1 aliphatic carbocycles. The molecule has 2 N–H and O–H groups in total. The molecule has 0 saturated carbocycles. The van der Waals surface area contributed by atoms with Gasteiger partial charge in [0.1, 0.15) is 0 Å². The van der Waals surface area contributed by atoms with E-state index in [9.17, 15) is 4.79 Å². The van der Waals surface area contributed by atoms with Gasteiger partial charge in [-0.1, -0.05) is 29.8 Å². The Bertz CT molecular complexity index is 604. The molecule has 0 fully saturated rings. The number of benzene rings is 2. The van der Waals surface area contributed by atoms with Gasteiger partial charge in [-0.15, -0.1) is 0 Å². The molecule has 2 nitrogen and oxygen atoms in total. The van der Waals surface area contributed by atoms with Crippen LogP contribution in [0.5, 0.6) is 0 Å². The minimum Gasteiger partial charge on any atom is -0.397 e. The van der Waals surface area contributed by atoms with Gasteiger partial charge in [0.25, 0.3) is 0 Å². The molecule has 0 atom stereocenters. The van der Waals surface area contributed by atoms with E-state index in [0.29, 0.717) is 22.7 Å². The highest BCUT2D eigenvalue weighted by Gasteiger charge is 2.25. The summed E-state index contributed by atoms with van der Waals surface area (Å²) in [6.45, 7) is 0. The lowest BCUT2D eigenvalue weighted by atomic mass is 10.0. The number of carbonyl (C=O) groups is 1. The van der Waals surface area contributed by atoms with Gasteiger partial charge in [-0.05, 0) is 22.4 Å². The molecule has 2 aromatic carbocycles. The van der Waals surface area contributed by atoms with E-state index in [1.165, 1.54) is 0 Å².